The first-order valence-corrected chi connectivity index (χ1v) is 10.6. The van der Waals surface area contributed by atoms with Gasteiger partial charge in [0.1, 0.15) is 5.75 Å². The summed E-state index contributed by atoms with van der Waals surface area (Å²) in [5, 5.41) is 2.79. The van der Waals surface area contributed by atoms with Crippen LogP contribution in [0.15, 0.2) is 54.6 Å². The molecule has 3 rings (SSSR count). The van der Waals surface area contributed by atoms with Gasteiger partial charge in [-0.3, -0.25) is 4.79 Å². The van der Waals surface area contributed by atoms with Gasteiger partial charge >= 0.3 is 0 Å². The summed E-state index contributed by atoms with van der Waals surface area (Å²) in [5.41, 5.74) is 2.20. The Hall–Kier alpha value is -2.34. The van der Waals surface area contributed by atoms with E-state index in [0.717, 1.165) is 11.1 Å². The third-order valence-electron chi connectivity index (χ3n) is 4.54. The number of carbonyl (C=O) groups excluding carboxylic acids is 1. The lowest BCUT2D eigenvalue weighted by molar-refractivity contribution is -0.127. The summed E-state index contributed by atoms with van der Waals surface area (Å²) in [6, 6.07) is 17.6. The Morgan fingerprint density at radius 3 is 2.38 bits per heavy atom. The molecule has 1 N–H and O–H groups in total. The minimum Gasteiger partial charge on any atom is -0.481 e. The van der Waals surface area contributed by atoms with Crippen molar-refractivity contribution in [2.24, 2.45) is 5.92 Å². The highest BCUT2D eigenvalue weighted by atomic mass is 32.2. The normalized spacial score (nSPS) is 19.7. The van der Waals surface area contributed by atoms with Gasteiger partial charge in [-0.05, 0) is 42.5 Å². The van der Waals surface area contributed by atoms with Crippen molar-refractivity contribution in [3.8, 4) is 16.9 Å². The van der Waals surface area contributed by atoms with Gasteiger partial charge in [-0.2, -0.15) is 0 Å². The van der Waals surface area contributed by atoms with Crippen LogP contribution in [0, 0.1) is 5.92 Å². The van der Waals surface area contributed by atoms with Gasteiger partial charge in [0.05, 0.1) is 11.5 Å². The smallest absolute Gasteiger partial charge is 0.260 e. The Labute approximate surface area is 154 Å². The van der Waals surface area contributed by atoms with E-state index >= 15 is 0 Å². The fraction of sp³-hybridized carbons (Fsp3) is 0.350. The average Bonchev–Trinajstić information content (AvgIpc) is 3.00. The molecule has 0 aromatic heterocycles. The number of rotatable bonds is 6. The van der Waals surface area contributed by atoms with Crippen molar-refractivity contribution in [1.82, 2.24) is 5.32 Å². The maximum Gasteiger partial charge on any atom is 0.260 e. The Morgan fingerprint density at radius 1 is 1.12 bits per heavy atom. The van der Waals surface area contributed by atoms with Crippen LogP contribution in [0.2, 0.25) is 0 Å². The summed E-state index contributed by atoms with van der Waals surface area (Å²) in [4.78, 5) is 12.2. The molecule has 0 aliphatic carbocycles. The monoisotopic (exact) mass is 373 g/mol. The number of sulfone groups is 1. The molecule has 6 heteroatoms. The van der Waals surface area contributed by atoms with Crippen LogP contribution in [0.3, 0.4) is 0 Å². The van der Waals surface area contributed by atoms with Crippen LogP contribution in [0.1, 0.15) is 13.3 Å². The maximum absolute atomic E-state index is 12.2. The number of benzene rings is 2. The van der Waals surface area contributed by atoms with Crippen LogP contribution in [0.5, 0.6) is 5.75 Å². The molecular formula is C20H23NO4S. The molecule has 0 bridgehead atoms. The molecule has 138 valence electrons. The lowest BCUT2D eigenvalue weighted by Crippen LogP contribution is -2.39. The molecule has 0 saturated carbocycles. The Balaban J connectivity index is 1.51. The van der Waals surface area contributed by atoms with E-state index < -0.39 is 15.9 Å². The van der Waals surface area contributed by atoms with Crippen LogP contribution in [-0.4, -0.2) is 38.5 Å². The van der Waals surface area contributed by atoms with E-state index in [9.17, 15) is 13.2 Å². The van der Waals surface area contributed by atoms with Crippen molar-refractivity contribution in [2.45, 2.75) is 19.4 Å². The summed E-state index contributed by atoms with van der Waals surface area (Å²) < 4.78 is 28.6. The van der Waals surface area contributed by atoms with Crippen molar-refractivity contribution in [2.75, 3.05) is 18.1 Å². The zero-order valence-electron chi connectivity index (χ0n) is 14.7. The number of hydrogen-bond acceptors (Lipinski definition) is 4. The molecule has 5 nitrogen and oxygen atoms in total. The first kappa shape index (κ1) is 18.5. The van der Waals surface area contributed by atoms with Gasteiger partial charge in [0.25, 0.3) is 5.91 Å². The third-order valence-corrected chi connectivity index (χ3v) is 6.37. The number of amides is 1. The summed E-state index contributed by atoms with van der Waals surface area (Å²) in [5.74, 6) is 0.759. The number of hydrogen-bond donors (Lipinski definition) is 1. The molecule has 0 radical (unpaired) electrons. The minimum atomic E-state index is -2.92. The van der Waals surface area contributed by atoms with Gasteiger partial charge in [0.2, 0.25) is 0 Å². The Kier molecular flexibility index (Phi) is 5.61. The van der Waals surface area contributed by atoms with Gasteiger partial charge < -0.3 is 10.1 Å². The lowest BCUT2D eigenvalue weighted by atomic mass is 10.1. The van der Waals surface area contributed by atoms with E-state index in [-0.39, 0.29) is 23.3 Å². The molecule has 1 heterocycles. The Bertz CT molecular complexity index is 847. The summed E-state index contributed by atoms with van der Waals surface area (Å²) in [7, 11) is -2.92. The minimum absolute atomic E-state index is 0.00121. The quantitative estimate of drug-likeness (QED) is 0.845. The topological polar surface area (TPSA) is 72.5 Å². The van der Waals surface area contributed by atoms with Gasteiger partial charge in [0, 0.05) is 6.54 Å². The second kappa shape index (κ2) is 7.91. The van der Waals surface area contributed by atoms with Crippen molar-refractivity contribution >= 4 is 15.7 Å². The predicted molar refractivity (Wildman–Crippen MR) is 102 cm³/mol. The van der Waals surface area contributed by atoms with Gasteiger partial charge in [-0.15, -0.1) is 0 Å². The van der Waals surface area contributed by atoms with E-state index in [2.05, 4.69) is 5.32 Å². The van der Waals surface area contributed by atoms with Gasteiger partial charge in [-0.1, -0.05) is 42.5 Å². The van der Waals surface area contributed by atoms with E-state index in [0.29, 0.717) is 18.7 Å². The molecule has 1 amide bonds. The molecular weight excluding hydrogens is 350 g/mol. The molecule has 2 atom stereocenters. The Morgan fingerprint density at radius 2 is 1.77 bits per heavy atom. The van der Waals surface area contributed by atoms with Crippen LogP contribution < -0.4 is 10.1 Å². The summed E-state index contributed by atoms with van der Waals surface area (Å²) in [6.07, 6.45) is -0.0331. The lowest BCUT2D eigenvalue weighted by Gasteiger charge is -2.16. The van der Waals surface area contributed by atoms with Crippen LogP contribution in [-0.2, 0) is 14.6 Å². The zero-order chi connectivity index (χ0) is 18.6. The van der Waals surface area contributed by atoms with Crippen molar-refractivity contribution in [3.63, 3.8) is 0 Å². The highest BCUT2D eigenvalue weighted by molar-refractivity contribution is 7.91. The standard InChI is InChI=1S/C20H23NO4S/c1-15(20(22)21-13-16-11-12-26(23,24)14-16)25-19-9-7-18(8-10-19)17-5-3-2-4-6-17/h2-10,15-16H,11-14H2,1H3,(H,21,22)/t15-,16+/m1/s1. The average molecular weight is 373 g/mol. The van der Waals surface area contributed by atoms with Crippen molar-refractivity contribution < 1.29 is 17.9 Å². The fourth-order valence-corrected chi connectivity index (χ4v) is 4.90. The molecule has 1 aliphatic rings. The van der Waals surface area contributed by atoms with E-state index in [1.54, 1.807) is 6.92 Å². The molecule has 0 unspecified atom stereocenters. The molecule has 1 aliphatic heterocycles. The molecule has 0 spiro atoms. The van der Waals surface area contributed by atoms with Crippen LogP contribution >= 0.6 is 0 Å². The van der Waals surface area contributed by atoms with E-state index in [4.69, 9.17) is 4.74 Å². The molecule has 2 aromatic rings. The van der Waals surface area contributed by atoms with Gasteiger partial charge in [0.15, 0.2) is 15.9 Å². The molecule has 2 aromatic carbocycles. The zero-order valence-corrected chi connectivity index (χ0v) is 15.5. The molecule has 1 saturated heterocycles. The number of ether oxygens (including phenoxy) is 1. The largest absolute Gasteiger partial charge is 0.481 e. The second-order valence-electron chi connectivity index (χ2n) is 6.66. The van der Waals surface area contributed by atoms with E-state index in [1.807, 2.05) is 54.6 Å². The first-order valence-electron chi connectivity index (χ1n) is 8.73. The summed E-state index contributed by atoms with van der Waals surface area (Å²) >= 11 is 0. The number of carbonyl (C=O) groups is 1. The van der Waals surface area contributed by atoms with Gasteiger partial charge in [-0.25, -0.2) is 8.42 Å². The maximum atomic E-state index is 12.2. The predicted octanol–water partition coefficient (Wildman–Crippen LogP) is 2.67. The molecule has 26 heavy (non-hydrogen) atoms. The SMILES string of the molecule is C[C@@H](Oc1ccc(-c2ccccc2)cc1)C(=O)NC[C@@H]1CCS(=O)(=O)C1. The van der Waals surface area contributed by atoms with Crippen molar-refractivity contribution in [1.29, 1.82) is 0 Å². The van der Waals surface area contributed by atoms with Crippen LogP contribution in [0.25, 0.3) is 11.1 Å². The molecule has 1 fully saturated rings. The van der Waals surface area contributed by atoms with E-state index in [1.165, 1.54) is 0 Å². The first-order chi connectivity index (χ1) is 12.4. The fourth-order valence-electron chi connectivity index (χ4n) is 3.04. The highest BCUT2D eigenvalue weighted by Crippen LogP contribution is 2.22. The number of nitrogens with one attached hydrogen (secondary N) is 1. The second-order valence-corrected chi connectivity index (χ2v) is 8.89. The third kappa shape index (κ3) is 4.85. The highest BCUT2D eigenvalue weighted by Gasteiger charge is 2.28. The van der Waals surface area contributed by atoms with Crippen molar-refractivity contribution in [3.05, 3.63) is 54.6 Å². The summed E-state index contributed by atoms with van der Waals surface area (Å²) in [6.45, 7) is 2.06. The van der Waals surface area contributed by atoms with Crippen LogP contribution in [0.4, 0.5) is 0 Å².